The molecule has 0 spiro atoms. The molecule has 4 bridgehead atoms. The summed E-state index contributed by atoms with van der Waals surface area (Å²) in [5, 5.41) is 6.42. The normalized spacial score (nSPS) is 33.1. The summed E-state index contributed by atoms with van der Waals surface area (Å²) in [5.41, 5.74) is 1.19. The molecule has 4 saturated carbocycles. The van der Waals surface area contributed by atoms with Crippen LogP contribution in [-0.4, -0.2) is 41.2 Å². The van der Waals surface area contributed by atoms with Crippen LogP contribution in [0, 0.1) is 17.3 Å². The molecule has 6 rings (SSSR count). The summed E-state index contributed by atoms with van der Waals surface area (Å²) in [5.74, 6) is 1.33. The molecule has 3 amide bonds. The van der Waals surface area contributed by atoms with Crippen molar-refractivity contribution in [2.75, 3.05) is 13.1 Å². The number of likely N-dealkylation sites (tertiary alicyclic amines) is 1. The van der Waals surface area contributed by atoms with E-state index in [0.29, 0.717) is 18.4 Å². The minimum absolute atomic E-state index is 0.0155. The van der Waals surface area contributed by atoms with Crippen LogP contribution in [0.3, 0.4) is 0 Å². The van der Waals surface area contributed by atoms with Gasteiger partial charge in [0, 0.05) is 37.7 Å². The molecule has 2 N–H and O–H groups in total. The van der Waals surface area contributed by atoms with Crippen LogP contribution in [0.5, 0.6) is 0 Å². The number of rotatable bonds is 5. The number of hydrogen-bond acceptors (Lipinski definition) is 3. The lowest BCUT2D eigenvalue weighted by Crippen LogP contribution is -2.65. The van der Waals surface area contributed by atoms with Crippen molar-refractivity contribution < 1.29 is 14.4 Å². The van der Waals surface area contributed by atoms with Crippen LogP contribution < -0.4 is 10.6 Å². The highest BCUT2D eigenvalue weighted by atomic mass is 16.2. The maximum absolute atomic E-state index is 13.4. The Morgan fingerprint density at radius 3 is 2.25 bits per heavy atom. The number of nitrogens with zero attached hydrogens (tertiary/aromatic N) is 1. The largest absolute Gasteiger partial charge is 0.352 e. The summed E-state index contributed by atoms with van der Waals surface area (Å²) < 4.78 is 0. The molecule has 1 saturated heterocycles. The SMILES string of the molecule is CC(=O)NC12CC3CC(C1)CC(C(=O)NCc1ccc(C(=O)N4CCCCC4)cc1)(C3)C2. The third-order valence-corrected chi connectivity index (χ3v) is 8.28. The van der Waals surface area contributed by atoms with Crippen molar-refractivity contribution in [1.29, 1.82) is 0 Å². The predicted octanol–water partition coefficient (Wildman–Crippen LogP) is 3.40. The van der Waals surface area contributed by atoms with E-state index in [0.717, 1.165) is 69.2 Å². The summed E-state index contributed by atoms with van der Waals surface area (Å²) in [4.78, 5) is 39.9. The average molecular weight is 438 g/mol. The molecule has 6 heteroatoms. The lowest BCUT2D eigenvalue weighted by molar-refractivity contribution is -0.153. The lowest BCUT2D eigenvalue weighted by Gasteiger charge is -2.61. The van der Waals surface area contributed by atoms with Gasteiger partial charge < -0.3 is 15.5 Å². The molecule has 32 heavy (non-hydrogen) atoms. The molecular weight excluding hydrogens is 402 g/mol. The van der Waals surface area contributed by atoms with Crippen molar-refractivity contribution in [1.82, 2.24) is 15.5 Å². The Kier molecular flexibility index (Phi) is 5.50. The van der Waals surface area contributed by atoms with Gasteiger partial charge in [0.05, 0.1) is 5.41 Å². The zero-order valence-corrected chi connectivity index (χ0v) is 19.1. The van der Waals surface area contributed by atoms with E-state index in [4.69, 9.17) is 0 Å². The third kappa shape index (κ3) is 4.04. The highest BCUT2D eigenvalue weighted by Crippen LogP contribution is 2.61. The first kappa shape index (κ1) is 21.5. The molecule has 1 aliphatic heterocycles. The molecule has 1 heterocycles. The summed E-state index contributed by atoms with van der Waals surface area (Å²) in [7, 11) is 0. The van der Waals surface area contributed by atoms with Crippen molar-refractivity contribution in [2.24, 2.45) is 17.3 Å². The van der Waals surface area contributed by atoms with Gasteiger partial charge in [-0.3, -0.25) is 14.4 Å². The van der Waals surface area contributed by atoms with Gasteiger partial charge in [0.2, 0.25) is 11.8 Å². The van der Waals surface area contributed by atoms with Gasteiger partial charge in [-0.05, 0) is 87.3 Å². The molecule has 1 aromatic carbocycles. The van der Waals surface area contributed by atoms with Crippen molar-refractivity contribution in [3.8, 4) is 0 Å². The Balaban J connectivity index is 1.22. The molecule has 6 nitrogen and oxygen atoms in total. The Bertz CT molecular complexity index is 889. The fourth-order valence-corrected chi connectivity index (χ4v) is 7.46. The number of hydrogen-bond donors (Lipinski definition) is 2. The van der Waals surface area contributed by atoms with Gasteiger partial charge in [0.15, 0.2) is 0 Å². The summed E-state index contributed by atoms with van der Waals surface area (Å²) >= 11 is 0. The van der Waals surface area contributed by atoms with Crippen molar-refractivity contribution in [3.63, 3.8) is 0 Å². The predicted molar refractivity (Wildman–Crippen MR) is 122 cm³/mol. The second kappa shape index (κ2) is 8.20. The van der Waals surface area contributed by atoms with Gasteiger partial charge in [0.25, 0.3) is 5.91 Å². The van der Waals surface area contributed by atoms with E-state index >= 15 is 0 Å². The Morgan fingerprint density at radius 1 is 0.969 bits per heavy atom. The first-order valence-corrected chi connectivity index (χ1v) is 12.3. The van der Waals surface area contributed by atoms with Crippen LogP contribution in [0.25, 0.3) is 0 Å². The monoisotopic (exact) mass is 437 g/mol. The second-order valence-corrected chi connectivity index (χ2v) is 10.9. The molecule has 5 aliphatic rings. The van der Waals surface area contributed by atoms with Crippen LogP contribution in [0.2, 0.25) is 0 Å². The van der Waals surface area contributed by atoms with E-state index in [1.165, 1.54) is 12.8 Å². The first-order valence-electron chi connectivity index (χ1n) is 12.3. The molecule has 0 aromatic heterocycles. The third-order valence-electron chi connectivity index (χ3n) is 8.28. The molecule has 1 aromatic rings. The van der Waals surface area contributed by atoms with Crippen molar-refractivity contribution in [3.05, 3.63) is 35.4 Å². The van der Waals surface area contributed by atoms with E-state index in [9.17, 15) is 14.4 Å². The fourth-order valence-electron chi connectivity index (χ4n) is 7.46. The number of carbonyl (C=O) groups is 3. The standard InChI is InChI=1S/C26H35N3O3/c1-18(30)28-26-14-20-11-21(15-26)13-25(12-20,17-26)24(32)27-16-19-5-7-22(8-6-19)23(31)29-9-3-2-4-10-29/h5-8,20-21H,2-4,9-17H2,1H3,(H,27,32)(H,28,30). The second-order valence-electron chi connectivity index (χ2n) is 10.9. The van der Waals surface area contributed by atoms with Crippen LogP contribution >= 0.6 is 0 Å². The van der Waals surface area contributed by atoms with E-state index in [2.05, 4.69) is 10.6 Å². The van der Waals surface area contributed by atoms with Gasteiger partial charge >= 0.3 is 0 Å². The quantitative estimate of drug-likeness (QED) is 0.741. The van der Waals surface area contributed by atoms with Crippen LogP contribution in [0.1, 0.15) is 80.6 Å². The topological polar surface area (TPSA) is 78.5 Å². The van der Waals surface area contributed by atoms with E-state index < -0.39 is 0 Å². The molecule has 172 valence electrons. The number of nitrogens with one attached hydrogen (secondary N) is 2. The Hall–Kier alpha value is -2.37. The number of benzene rings is 1. The molecule has 0 radical (unpaired) electrons. The first-order chi connectivity index (χ1) is 15.4. The Labute approximate surface area is 190 Å². The molecule has 4 aliphatic carbocycles. The summed E-state index contributed by atoms with van der Waals surface area (Å²) in [6.45, 7) is 3.76. The lowest BCUT2D eigenvalue weighted by atomic mass is 9.46. The van der Waals surface area contributed by atoms with Crippen molar-refractivity contribution >= 4 is 17.7 Å². The van der Waals surface area contributed by atoms with Gasteiger partial charge in [-0.25, -0.2) is 0 Å². The van der Waals surface area contributed by atoms with E-state index in [1.54, 1.807) is 6.92 Å². The minimum atomic E-state index is -0.350. The number of piperidine rings is 1. The molecule has 2 atom stereocenters. The summed E-state index contributed by atoms with van der Waals surface area (Å²) in [6.07, 6.45) is 9.27. The molecule has 2 unspecified atom stereocenters. The van der Waals surface area contributed by atoms with Gasteiger partial charge in [0.1, 0.15) is 0 Å². The van der Waals surface area contributed by atoms with Crippen LogP contribution in [-0.2, 0) is 16.1 Å². The maximum Gasteiger partial charge on any atom is 0.253 e. The highest BCUT2D eigenvalue weighted by Gasteiger charge is 2.60. The molecular formula is C26H35N3O3. The van der Waals surface area contributed by atoms with Gasteiger partial charge in [-0.15, -0.1) is 0 Å². The zero-order valence-electron chi connectivity index (χ0n) is 19.1. The fraction of sp³-hybridized carbons (Fsp3) is 0.654. The smallest absolute Gasteiger partial charge is 0.253 e. The van der Waals surface area contributed by atoms with E-state index in [1.807, 2.05) is 29.2 Å². The Morgan fingerprint density at radius 2 is 1.62 bits per heavy atom. The minimum Gasteiger partial charge on any atom is -0.352 e. The van der Waals surface area contributed by atoms with Gasteiger partial charge in [-0.1, -0.05) is 12.1 Å². The molecule has 5 fully saturated rings. The van der Waals surface area contributed by atoms with Crippen molar-refractivity contribution in [2.45, 2.75) is 76.8 Å². The zero-order chi connectivity index (χ0) is 22.3. The summed E-state index contributed by atoms with van der Waals surface area (Å²) in [6, 6.07) is 7.68. The number of carbonyl (C=O) groups excluding carboxylic acids is 3. The number of amides is 3. The van der Waals surface area contributed by atoms with Crippen LogP contribution in [0.4, 0.5) is 0 Å². The van der Waals surface area contributed by atoms with Crippen LogP contribution in [0.15, 0.2) is 24.3 Å². The van der Waals surface area contributed by atoms with Gasteiger partial charge in [-0.2, -0.15) is 0 Å². The highest BCUT2D eigenvalue weighted by molar-refractivity contribution is 5.94. The maximum atomic E-state index is 13.4. The average Bonchev–Trinajstić information content (AvgIpc) is 2.76. The van der Waals surface area contributed by atoms with E-state index in [-0.39, 0.29) is 28.7 Å².